The van der Waals surface area contributed by atoms with E-state index in [0.29, 0.717) is 11.1 Å². The number of alkyl halides is 1. The SMILES string of the molecule is Nc1nc(Cl)nc2c1ncn2[C@@H]1O[C@@H]2C(OC(Cc3ccc(-c4ccccc4C(=O)O)cc3)(C(=O)O)C(=O)O)[C@]2(O)[C@@H]1F. The van der Waals surface area contributed by atoms with Crippen LogP contribution in [0.25, 0.3) is 22.3 Å². The highest BCUT2D eigenvalue weighted by Crippen LogP contribution is 2.58. The third-order valence-electron chi connectivity index (χ3n) is 7.65. The van der Waals surface area contributed by atoms with Crippen molar-refractivity contribution in [2.75, 3.05) is 5.73 Å². The highest BCUT2D eigenvalue weighted by molar-refractivity contribution is 6.28. The first kappa shape index (κ1) is 28.4. The van der Waals surface area contributed by atoms with E-state index in [1.165, 1.54) is 30.3 Å². The third-order valence-corrected chi connectivity index (χ3v) is 7.81. The van der Waals surface area contributed by atoms with Crippen LogP contribution in [0.4, 0.5) is 10.2 Å². The molecule has 1 aliphatic carbocycles. The standard InChI is InChI=1S/C27H21ClFN5O9/c28-25-32-19(30)15-20(33-25)34(10-31-15)21-16(29)27(41)17(42-21)18(27)43-26(23(37)38,24(39)40)9-11-5-7-12(8-6-11)13-3-1-2-4-14(13)22(35)36/h1-8,10,16-18,21,41H,9H2,(H,35,36)(H,37,38)(H,39,40)(H2,30,32,33)/t16-,17-,18?,21-,27+/m1/s1. The van der Waals surface area contributed by atoms with Crippen molar-refractivity contribution < 1.29 is 48.7 Å². The number of nitrogens with zero attached hydrogens (tertiary/aromatic N) is 4. The van der Waals surface area contributed by atoms with Gasteiger partial charge in [-0.15, -0.1) is 0 Å². The van der Waals surface area contributed by atoms with E-state index in [1.807, 2.05) is 0 Å². The first-order chi connectivity index (χ1) is 20.4. The molecule has 1 unspecified atom stereocenters. The molecule has 4 aromatic rings. The topological polar surface area (TPSA) is 220 Å². The maximum atomic E-state index is 15.7. The first-order valence-corrected chi connectivity index (χ1v) is 13.0. The molecule has 6 N–H and O–H groups in total. The quantitative estimate of drug-likeness (QED) is 0.135. The zero-order chi connectivity index (χ0) is 30.8. The molecule has 5 atom stereocenters. The van der Waals surface area contributed by atoms with Crippen LogP contribution >= 0.6 is 11.6 Å². The number of hydrogen-bond donors (Lipinski definition) is 5. The lowest BCUT2D eigenvalue weighted by molar-refractivity contribution is -0.194. The van der Waals surface area contributed by atoms with Gasteiger partial charge < -0.3 is 35.6 Å². The van der Waals surface area contributed by atoms with E-state index in [-0.39, 0.29) is 33.4 Å². The second-order valence-electron chi connectivity index (χ2n) is 10.1. The molecule has 0 bridgehead atoms. The van der Waals surface area contributed by atoms with Crippen LogP contribution in [0.2, 0.25) is 5.28 Å². The first-order valence-electron chi connectivity index (χ1n) is 12.6. The van der Waals surface area contributed by atoms with Gasteiger partial charge in [-0.2, -0.15) is 9.97 Å². The average molecular weight is 614 g/mol. The van der Waals surface area contributed by atoms with Crippen molar-refractivity contribution in [2.24, 2.45) is 0 Å². The number of fused-ring (bicyclic) bond motifs is 2. The molecule has 2 aromatic carbocycles. The number of hydrogen-bond acceptors (Lipinski definition) is 10. The van der Waals surface area contributed by atoms with Gasteiger partial charge in [-0.1, -0.05) is 42.5 Å². The Balaban J connectivity index is 1.24. The molecule has 16 heteroatoms. The molecule has 222 valence electrons. The summed E-state index contributed by atoms with van der Waals surface area (Å²) >= 11 is 5.86. The van der Waals surface area contributed by atoms with Crippen molar-refractivity contribution in [1.82, 2.24) is 19.5 Å². The highest BCUT2D eigenvalue weighted by atomic mass is 35.5. The molecule has 0 radical (unpaired) electrons. The number of imidazole rings is 1. The Bertz CT molecular complexity index is 1790. The van der Waals surface area contributed by atoms with Gasteiger partial charge in [0.05, 0.1) is 11.9 Å². The van der Waals surface area contributed by atoms with Crippen molar-refractivity contribution in [3.63, 3.8) is 0 Å². The zero-order valence-electron chi connectivity index (χ0n) is 21.7. The fourth-order valence-corrected chi connectivity index (χ4v) is 5.52. The summed E-state index contributed by atoms with van der Waals surface area (Å²) < 4.78 is 28.0. The van der Waals surface area contributed by atoms with Crippen molar-refractivity contribution in [2.45, 2.75) is 42.2 Å². The Hall–Kier alpha value is -4.70. The summed E-state index contributed by atoms with van der Waals surface area (Å²) in [6, 6.07) is 12.1. The van der Waals surface area contributed by atoms with Gasteiger partial charge >= 0.3 is 17.9 Å². The molecule has 1 saturated heterocycles. The van der Waals surface area contributed by atoms with E-state index in [9.17, 15) is 34.8 Å². The maximum Gasteiger partial charge on any atom is 0.348 e. The summed E-state index contributed by atoms with van der Waals surface area (Å²) in [5, 5.41) is 40.3. The van der Waals surface area contributed by atoms with Crippen molar-refractivity contribution in [3.8, 4) is 11.1 Å². The summed E-state index contributed by atoms with van der Waals surface area (Å²) in [6.07, 6.45) is -6.33. The molecule has 14 nitrogen and oxygen atoms in total. The fraction of sp³-hybridized carbons (Fsp3) is 0.259. The number of rotatable bonds is 9. The molecule has 1 aliphatic heterocycles. The monoisotopic (exact) mass is 613 g/mol. The molecular weight excluding hydrogens is 593 g/mol. The Morgan fingerprint density at radius 3 is 2.37 bits per heavy atom. The van der Waals surface area contributed by atoms with Crippen molar-refractivity contribution >= 4 is 46.5 Å². The number of carbonyl (C=O) groups is 3. The highest BCUT2D eigenvalue weighted by Gasteiger charge is 2.80. The number of benzene rings is 2. The maximum absolute atomic E-state index is 15.7. The van der Waals surface area contributed by atoms with Crippen LogP contribution in [0, 0.1) is 0 Å². The molecule has 2 aromatic heterocycles. The average Bonchev–Trinajstić information content (AvgIpc) is 3.20. The smallest absolute Gasteiger partial charge is 0.348 e. The fourth-order valence-electron chi connectivity index (χ4n) is 5.35. The van der Waals surface area contributed by atoms with Gasteiger partial charge in [0.2, 0.25) is 5.28 Å². The Labute approximate surface area is 245 Å². The lowest BCUT2D eigenvalue weighted by Crippen LogP contribution is -2.53. The molecule has 6 rings (SSSR count). The normalized spacial score (nSPS) is 24.5. The second-order valence-corrected chi connectivity index (χ2v) is 10.5. The van der Waals surface area contributed by atoms with E-state index < -0.39 is 60.1 Å². The Morgan fingerprint density at radius 1 is 1.09 bits per heavy atom. The molecule has 43 heavy (non-hydrogen) atoms. The zero-order valence-corrected chi connectivity index (χ0v) is 22.4. The number of aliphatic hydroxyl groups is 1. The molecule has 3 heterocycles. The number of halogens is 2. The summed E-state index contributed by atoms with van der Waals surface area (Å²) in [6.45, 7) is 0. The Kier molecular flexibility index (Phi) is 6.57. The second kappa shape index (κ2) is 9.95. The van der Waals surface area contributed by atoms with Crippen LogP contribution < -0.4 is 5.73 Å². The van der Waals surface area contributed by atoms with Gasteiger partial charge in [0.25, 0.3) is 5.60 Å². The lowest BCUT2D eigenvalue weighted by atomic mass is 9.92. The van der Waals surface area contributed by atoms with Crippen molar-refractivity contribution in [3.05, 3.63) is 71.3 Å². The van der Waals surface area contributed by atoms with Gasteiger partial charge in [0.15, 0.2) is 29.5 Å². The van der Waals surface area contributed by atoms with Gasteiger partial charge in [-0.05, 0) is 34.4 Å². The largest absolute Gasteiger partial charge is 0.479 e. The number of aromatic nitrogens is 4. The van der Waals surface area contributed by atoms with E-state index >= 15 is 4.39 Å². The number of nitrogen functional groups attached to an aromatic ring is 1. The van der Waals surface area contributed by atoms with Crippen LogP contribution in [0.1, 0.15) is 22.1 Å². The van der Waals surface area contributed by atoms with Gasteiger partial charge in [-0.3, -0.25) is 4.57 Å². The summed E-state index contributed by atoms with van der Waals surface area (Å²) in [4.78, 5) is 48.1. The van der Waals surface area contributed by atoms with E-state index in [2.05, 4.69) is 15.0 Å². The predicted octanol–water partition coefficient (Wildman–Crippen LogP) is 1.94. The van der Waals surface area contributed by atoms with Gasteiger partial charge in [0, 0.05) is 6.42 Å². The van der Waals surface area contributed by atoms with E-state index in [4.69, 9.17) is 26.8 Å². The number of aliphatic carboxylic acids is 2. The molecule has 2 aliphatic rings. The van der Waals surface area contributed by atoms with Crippen LogP contribution in [-0.2, 0) is 25.5 Å². The van der Waals surface area contributed by atoms with Gasteiger partial charge in [0.1, 0.15) is 17.7 Å². The number of carboxylic acids is 3. The summed E-state index contributed by atoms with van der Waals surface area (Å²) in [5.74, 6) is -4.99. The number of ether oxygens (including phenoxy) is 2. The number of anilines is 1. The van der Waals surface area contributed by atoms with E-state index in [1.54, 1.807) is 18.2 Å². The van der Waals surface area contributed by atoms with Crippen LogP contribution in [0.3, 0.4) is 0 Å². The van der Waals surface area contributed by atoms with Crippen LogP contribution in [-0.4, -0.2) is 87.4 Å². The molecule has 2 fully saturated rings. The molecule has 1 saturated carbocycles. The molecular formula is C27H21ClFN5O9. The number of aromatic carboxylic acids is 1. The van der Waals surface area contributed by atoms with Crippen LogP contribution in [0.5, 0.6) is 0 Å². The van der Waals surface area contributed by atoms with E-state index in [0.717, 1.165) is 10.9 Å². The molecule has 0 amide bonds. The number of nitrogens with two attached hydrogens (primary N) is 1. The number of carboxylic acid groups (broad SMARTS) is 3. The minimum absolute atomic E-state index is 0.0207. The Morgan fingerprint density at radius 2 is 1.77 bits per heavy atom. The van der Waals surface area contributed by atoms with Crippen LogP contribution in [0.15, 0.2) is 54.9 Å². The molecule has 0 spiro atoms. The summed E-state index contributed by atoms with van der Waals surface area (Å²) in [7, 11) is 0. The third kappa shape index (κ3) is 4.36. The minimum atomic E-state index is -2.93. The summed E-state index contributed by atoms with van der Waals surface area (Å²) in [5.41, 5.74) is 1.73. The lowest BCUT2D eigenvalue weighted by Gasteiger charge is -2.29. The predicted molar refractivity (Wildman–Crippen MR) is 144 cm³/mol. The van der Waals surface area contributed by atoms with Gasteiger partial charge in [-0.25, -0.2) is 23.8 Å². The van der Waals surface area contributed by atoms with Crippen molar-refractivity contribution in [1.29, 1.82) is 0 Å². The minimum Gasteiger partial charge on any atom is -0.479 e.